The van der Waals surface area contributed by atoms with E-state index >= 15 is 0 Å². The van der Waals surface area contributed by atoms with Gasteiger partial charge in [-0.15, -0.1) is 0 Å². The Labute approximate surface area is 192 Å². The lowest BCUT2D eigenvalue weighted by Gasteiger charge is -2.20. The number of fused-ring (bicyclic) bond motifs is 1. The maximum atomic E-state index is 14.3. The number of aromatic nitrogens is 3. The number of carbonyl (C=O) groups is 1. The lowest BCUT2D eigenvalue weighted by Crippen LogP contribution is -2.26. The number of nitrogens with zero attached hydrogens (tertiary/aromatic N) is 3. The molecule has 0 aliphatic rings. The number of hydrogen-bond acceptors (Lipinski definition) is 4. The molecule has 2 heterocycles. The van der Waals surface area contributed by atoms with E-state index in [9.17, 15) is 13.6 Å². The average Bonchev–Trinajstić information content (AvgIpc) is 3.14. The molecular weight excluding hydrogens is 454 g/mol. The number of para-hydroxylation sites is 1. The quantitative estimate of drug-likeness (QED) is 0.323. The molecule has 0 saturated carbocycles. The molecule has 0 saturated heterocycles. The van der Waals surface area contributed by atoms with Crippen LogP contribution in [-0.4, -0.2) is 20.4 Å². The third-order valence-electron chi connectivity index (χ3n) is 5.00. The van der Waals surface area contributed by atoms with Gasteiger partial charge in [0.2, 0.25) is 5.91 Å². The Morgan fingerprint density at radius 1 is 1.16 bits per heavy atom. The average molecular weight is 473 g/mol. The van der Waals surface area contributed by atoms with E-state index in [4.69, 9.17) is 11.6 Å². The molecule has 0 radical (unpaired) electrons. The summed E-state index contributed by atoms with van der Waals surface area (Å²) in [6, 6.07) is 11.6. The summed E-state index contributed by atoms with van der Waals surface area (Å²) in [5, 5.41) is 3.50. The van der Waals surface area contributed by atoms with Crippen LogP contribution in [0.25, 0.3) is 11.0 Å². The van der Waals surface area contributed by atoms with Gasteiger partial charge in [-0.2, -0.15) is 0 Å². The molecule has 4 rings (SSSR count). The van der Waals surface area contributed by atoms with Gasteiger partial charge in [-0.25, -0.2) is 13.8 Å². The van der Waals surface area contributed by atoms with Crippen LogP contribution in [0.4, 0.5) is 14.5 Å². The summed E-state index contributed by atoms with van der Waals surface area (Å²) >= 11 is 7.44. The lowest BCUT2D eigenvalue weighted by molar-refractivity contribution is -0.119. The molecule has 1 atom stereocenters. The van der Waals surface area contributed by atoms with E-state index in [0.717, 1.165) is 0 Å². The molecule has 1 N–H and O–H groups in total. The molecule has 2 aromatic heterocycles. The second-order valence-corrected chi connectivity index (χ2v) is 8.36. The van der Waals surface area contributed by atoms with Crippen molar-refractivity contribution in [2.45, 2.75) is 30.3 Å². The molecule has 0 aliphatic heterocycles. The van der Waals surface area contributed by atoms with E-state index in [1.807, 2.05) is 6.92 Å². The van der Waals surface area contributed by atoms with Gasteiger partial charge >= 0.3 is 0 Å². The maximum Gasteiger partial charge on any atom is 0.247 e. The van der Waals surface area contributed by atoms with E-state index in [1.54, 1.807) is 47.3 Å². The van der Waals surface area contributed by atoms with E-state index in [2.05, 4.69) is 15.3 Å². The zero-order valence-electron chi connectivity index (χ0n) is 17.1. The Hall–Kier alpha value is -2.97. The van der Waals surface area contributed by atoms with Crippen LogP contribution >= 0.6 is 23.4 Å². The molecule has 0 spiro atoms. The fourth-order valence-electron chi connectivity index (χ4n) is 3.39. The molecule has 1 amide bonds. The number of benzene rings is 2. The zero-order valence-corrected chi connectivity index (χ0v) is 18.6. The van der Waals surface area contributed by atoms with E-state index in [0.29, 0.717) is 33.2 Å². The van der Waals surface area contributed by atoms with Gasteiger partial charge in [0.05, 0.1) is 22.9 Å². The molecule has 0 bridgehead atoms. The van der Waals surface area contributed by atoms with Gasteiger partial charge in [-0.05, 0) is 36.8 Å². The van der Waals surface area contributed by atoms with Crippen molar-refractivity contribution in [1.82, 2.24) is 14.5 Å². The van der Waals surface area contributed by atoms with Crippen molar-refractivity contribution in [3.05, 3.63) is 83.1 Å². The van der Waals surface area contributed by atoms with Crippen LogP contribution in [0.3, 0.4) is 0 Å². The number of imidazole rings is 1. The molecule has 164 valence electrons. The minimum absolute atomic E-state index is 0.103. The van der Waals surface area contributed by atoms with Gasteiger partial charge in [0.15, 0.2) is 5.16 Å². The predicted molar refractivity (Wildman–Crippen MR) is 123 cm³/mol. The van der Waals surface area contributed by atoms with Gasteiger partial charge in [-0.1, -0.05) is 48.5 Å². The van der Waals surface area contributed by atoms with Crippen LogP contribution in [0, 0.1) is 11.6 Å². The highest BCUT2D eigenvalue weighted by atomic mass is 35.5. The van der Waals surface area contributed by atoms with Crippen molar-refractivity contribution in [3.63, 3.8) is 0 Å². The summed E-state index contributed by atoms with van der Waals surface area (Å²) in [6.07, 6.45) is 3.67. The van der Waals surface area contributed by atoms with Gasteiger partial charge in [0, 0.05) is 22.5 Å². The van der Waals surface area contributed by atoms with Crippen molar-refractivity contribution in [2.24, 2.45) is 0 Å². The number of nitrogens with one attached hydrogen (secondary N) is 1. The standard InChI is InChI=1S/C23H19ClF2N4OS/c1-2-20(22(31)28-18-9-4-3-7-17(18)26)30-21-12-27-11-10-19(21)29-23(30)32-13-14-15(24)6-5-8-16(14)25/h3-12,20H,2,13H2,1H3,(H,28,31)/t20-/m0/s1. The Morgan fingerprint density at radius 2 is 1.94 bits per heavy atom. The number of pyridine rings is 1. The maximum absolute atomic E-state index is 14.3. The highest BCUT2D eigenvalue weighted by molar-refractivity contribution is 7.98. The summed E-state index contributed by atoms with van der Waals surface area (Å²) in [5.74, 6) is -1.07. The fraction of sp³-hybridized carbons (Fsp3) is 0.174. The Kier molecular flexibility index (Phi) is 6.72. The molecule has 9 heteroatoms. The molecular formula is C23H19ClF2N4OS. The van der Waals surface area contributed by atoms with Crippen molar-refractivity contribution >= 4 is 46.0 Å². The molecule has 32 heavy (non-hydrogen) atoms. The first-order valence-electron chi connectivity index (χ1n) is 9.92. The van der Waals surface area contributed by atoms with Gasteiger partial charge in [-0.3, -0.25) is 9.78 Å². The minimum atomic E-state index is -0.678. The number of hydrogen-bond donors (Lipinski definition) is 1. The molecule has 0 fully saturated rings. The van der Waals surface area contributed by atoms with Crippen LogP contribution in [0.15, 0.2) is 66.1 Å². The third-order valence-corrected chi connectivity index (χ3v) is 6.33. The van der Waals surface area contributed by atoms with Crippen molar-refractivity contribution in [2.75, 3.05) is 5.32 Å². The van der Waals surface area contributed by atoms with E-state index in [1.165, 1.54) is 30.0 Å². The normalized spacial score (nSPS) is 12.1. The first-order chi connectivity index (χ1) is 15.5. The van der Waals surface area contributed by atoms with Crippen LogP contribution in [0.1, 0.15) is 24.9 Å². The van der Waals surface area contributed by atoms with Gasteiger partial charge in [0.25, 0.3) is 0 Å². The summed E-state index contributed by atoms with van der Waals surface area (Å²) in [7, 11) is 0. The second kappa shape index (κ2) is 9.67. The molecule has 0 unspecified atom stereocenters. The molecule has 2 aromatic carbocycles. The molecule has 5 nitrogen and oxygen atoms in total. The van der Waals surface area contributed by atoms with Gasteiger partial charge in [0.1, 0.15) is 17.7 Å². The van der Waals surface area contributed by atoms with Crippen molar-refractivity contribution in [1.29, 1.82) is 0 Å². The van der Waals surface area contributed by atoms with E-state index < -0.39 is 17.7 Å². The topological polar surface area (TPSA) is 59.8 Å². The lowest BCUT2D eigenvalue weighted by atomic mass is 10.2. The molecule has 0 aliphatic carbocycles. The predicted octanol–water partition coefficient (Wildman–Crippen LogP) is 6.25. The highest BCUT2D eigenvalue weighted by Gasteiger charge is 2.25. The van der Waals surface area contributed by atoms with Crippen LogP contribution < -0.4 is 5.32 Å². The fourth-order valence-corrected chi connectivity index (χ4v) is 4.80. The smallest absolute Gasteiger partial charge is 0.247 e. The number of carbonyl (C=O) groups excluding carboxylic acids is 1. The van der Waals surface area contributed by atoms with Crippen LogP contribution in [-0.2, 0) is 10.5 Å². The summed E-state index contributed by atoms with van der Waals surface area (Å²) in [4.78, 5) is 21.9. The molecule has 4 aromatic rings. The highest BCUT2D eigenvalue weighted by Crippen LogP contribution is 2.33. The van der Waals surface area contributed by atoms with Crippen LogP contribution in [0.2, 0.25) is 5.02 Å². The number of halogens is 3. The Bertz CT molecular complexity index is 1260. The third kappa shape index (κ3) is 4.47. The van der Waals surface area contributed by atoms with Crippen LogP contribution in [0.5, 0.6) is 0 Å². The number of anilines is 1. The SMILES string of the molecule is CC[C@@H](C(=O)Nc1ccccc1F)n1c(SCc2c(F)cccc2Cl)nc2ccncc21. The summed E-state index contributed by atoms with van der Waals surface area (Å²) in [6.45, 7) is 1.86. The van der Waals surface area contributed by atoms with Crippen molar-refractivity contribution in [3.8, 4) is 0 Å². The number of thioether (sulfide) groups is 1. The van der Waals surface area contributed by atoms with Crippen molar-refractivity contribution < 1.29 is 13.6 Å². The first kappa shape index (κ1) is 22.2. The summed E-state index contributed by atoms with van der Waals surface area (Å²) in [5.41, 5.74) is 1.77. The first-order valence-corrected chi connectivity index (χ1v) is 11.3. The Balaban J connectivity index is 1.70. The van der Waals surface area contributed by atoms with Gasteiger partial charge < -0.3 is 9.88 Å². The largest absolute Gasteiger partial charge is 0.322 e. The number of rotatable bonds is 7. The summed E-state index contributed by atoms with van der Waals surface area (Å²) < 4.78 is 30.1. The Morgan fingerprint density at radius 3 is 2.69 bits per heavy atom. The number of amides is 1. The van der Waals surface area contributed by atoms with E-state index in [-0.39, 0.29) is 17.3 Å². The second-order valence-electron chi connectivity index (χ2n) is 7.01. The minimum Gasteiger partial charge on any atom is -0.322 e. The monoisotopic (exact) mass is 472 g/mol. The zero-order chi connectivity index (χ0) is 22.7.